The van der Waals surface area contributed by atoms with Gasteiger partial charge < -0.3 is 19.0 Å². The molecule has 10 heteroatoms. The van der Waals surface area contributed by atoms with Crippen LogP contribution in [0.15, 0.2) is 76.5 Å². The number of hydrogen-bond donors (Lipinski definition) is 0. The molecular weight excluding hydrogens is 558 g/mol. The zero-order valence-electron chi connectivity index (χ0n) is 20.3. The van der Waals surface area contributed by atoms with Crippen LogP contribution in [0.1, 0.15) is 31.4 Å². The van der Waals surface area contributed by atoms with Crippen molar-refractivity contribution < 1.29 is 19.0 Å². The first-order valence-corrected chi connectivity index (χ1v) is 13.0. The summed E-state index contributed by atoms with van der Waals surface area (Å²) >= 11 is 23.7. The largest absolute Gasteiger partial charge is 0.490 e. The van der Waals surface area contributed by atoms with Gasteiger partial charge in [-0.2, -0.15) is 0 Å². The smallest absolute Gasteiger partial charge is 0.213 e. The van der Waals surface area contributed by atoms with Gasteiger partial charge in [0.25, 0.3) is 0 Å². The summed E-state index contributed by atoms with van der Waals surface area (Å²) in [6.45, 7) is 4.78. The molecule has 0 atom stereocenters. The van der Waals surface area contributed by atoms with Crippen LogP contribution in [0.5, 0.6) is 17.4 Å². The molecule has 1 aromatic heterocycles. The zero-order valence-corrected chi connectivity index (χ0v) is 23.3. The fourth-order valence-corrected chi connectivity index (χ4v) is 3.70. The maximum atomic E-state index is 6.29. The first kappa shape index (κ1) is 28.9. The Bertz CT molecular complexity index is 1180. The average Bonchev–Trinajstić information content (AvgIpc) is 2.86. The van der Waals surface area contributed by atoms with Crippen molar-refractivity contribution in [3.8, 4) is 17.4 Å². The van der Waals surface area contributed by atoms with Crippen LogP contribution in [0, 0.1) is 0 Å². The summed E-state index contributed by atoms with van der Waals surface area (Å²) in [6.07, 6.45) is 3.77. The lowest BCUT2D eigenvalue weighted by molar-refractivity contribution is 0.0863. The molecule has 0 N–H and O–H groups in total. The molecule has 0 aliphatic rings. The maximum absolute atomic E-state index is 6.29. The van der Waals surface area contributed by atoms with Crippen molar-refractivity contribution in [1.29, 1.82) is 0 Å². The Labute approximate surface area is 236 Å². The molecule has 0 amide bonds. The minimum Gasteiger partial charge on any atom is -0.490 e. The van der Waals surface area contributed by atoms with Gasteiger partial charge in [0, 0.05) is 41.9 Å². The van der Waals surface area contributed by atoms with Gasteiger partial charge in [-0.15, -0.1) is 0 Å². The van der Waals surface area contributed by atoms with E-state index in [0.717, 1.165) is 11.1 Å². The minimum atomic E-state index is -0.0364. The number of pyridine rings is 1. The van der Waals surface area contributed by atoms with E-state index in [1.165, 1.54) is 6.08 Å². The van der Waals surface area contributed by atoms with Gasteiger partial charge in [0.2, 0.25) is 5.88 Å². The van der Waals surface area contributed by atoms with Crippen molar-refractivity contribution in [3.63, 3.8) is 0 Å². The van der Waals surface area contributed by atoms with E-state index >= 15 is 0 Å². The van der Waals surface area contributed by atoms with E-state index in [0.29, 0.717) is 52.8 Å². The lowest BCUT2D eigenvalue weighted by Crippen LogP contribution is -2.09. The Morgan fingerprint density at radius 1 is 0.919 bits per heavy atom. The molecule has 0 saturated heterocycles. The highest BCUT2D eigenvalue weighted by molar-refractivity contribution is 6.55. The van der Waals surface area contributed by atoms with Gasteiger partial charge in [0.05, 0.1) is 23.3 Å². The van der Waals surface area contributed by atoms with Crippen molar-refractivity contribution in [3.05, 3.63) is 92.5 Å². The summed E-state index contributed by atoms with van der Waals surface area (Å²) < 4.78 is 17.1. The molecule has 0 aliphatic heterocycles. The van der Waals surface area contributed by atoms with E-state index in [-0.39, 0.29) is 17.2 Å². The third-order valence-corrected chi connectivity index (χ3v) is 5.53. The van der Waals surface area contributed by atoms with Crippen LogP contribution in [0.2, 0.25) is 10.0 Å². The van der Waals surface area contributed by atoms with Crippen LogP contribution in [-0.4, -0.2) is 36.6 Å². The van der Waals surface area contributed by atoms with Gasteiger partial charge in [-0.25, -0.2) is 4.98 Å². The van der Waals surface area contributed by atoms with Crippen LogP contribution in [-0.2, 0) is 4.84 Å². The summed E-state index contributed by atoms with van der Waals surface area (Å²) in [5.74, 6) is 1.34. The summed E-state index contributed by atoms with van der Waals surface area (Å²) in [7, 11) is 0. The van der Waals surface area contributed by atoms with Gasteiger partial charge in [-0.05, 0) is 26.0 Å². The van der Waals surface area contributed by atoms with Crippen LogP contribution in [0.25, 0.3) is 0 Å². The fraction of sp³-hybridized carbons (Fsp3) is 0.259. The van der Waals surface area contributed by atoms with E-state index in [1.807, 2.05) is 50.2 Å². The van der Waals surface area contributed by atoms with Crippen LogP contribution in [0.4, 0.5) is 0 Å². The van der Waals surface area contributed by atoms with Crippen LogP contribution >= 0.6 is 46.4 Å². The summed E-state index contributed by atoms with van der Waals surface area (Å²) in [4.78, 5) is 9.90. The molecule has 37 heavy (non-hydrogen) atoms. The van der Waals surface area contributed by atoms with Crippen molar-refractivity contribution >= 4 is 52.1 Å². The van der Waals surface area contributed by atoms with E-state index in [4.69, 9.17) is 65.5 Å². The average molecular weight is 584 g/mol. The lowest BCUT2D eigenvalue weighted by Gasteiger charge is -2.13. The normalized spacial score (nSPS) is 11.3. The number of oxime groups is 1. The Morgan fingerprint density at radius 3 is 2.24 bits per heavy atom. The standard InChI is InChI=1S/C27H26Cl4N2O4/c1-18(2)37-33-26(19-7-4-3-5-8-19)20-9-10-25(32-17-20)35-12-6-13-36-27-22(28)15-21(16-23(27)29)34-14-11-24(30)31/h3-5,7-11,15-18H,6,12-14H2,1-2H3. The Kier molecular flexibility index (Phi) is 11.7. The van der Waals surface area contributed by atoms with Crippen molar-refractivity contribution in [2.24, 2.45) is 5.16 Å². The van der Waals surface area contributed by atoms with Gasteiger partial charge in [-0.3, -0.25) is 0 Å². The molecule has 0 aliphatic carbocycles. The molecule has 2 aromatic carbocycles. The number of aromatic nitrogens is 1. The molecule has 0 unspecified atom stereocenters. The van der Waals surface area contributed by atoms with Crippen molar-refractivity contribution in [2.45, 2.75) is 26.4 Å². The van der Waals surface area contributed by atoms with Crippen molar-refractivity contribution in [1.82, 2.24) is 4.98 Å². The fourth-order valence-electron chi connectivity index (χ4n) is 3.00. The topological polar surface area (TPSA) is 62.2 Å². The first-order chi connectivity index (χ1) is 17.8. The second-order valence-electron chi connectivity index (χ2n) is 7.92. The molecular formula is C27H26Cl4N2O4. The number of benzene rings is 2. The minimum absolute atomic E-state index is 0.0364. The summed E-state index contributed by atoms with van der Waals surface area (Å²) in [6, 6.07) is 16.7. The molecule has 0 fully saturated rings. The zero-order chi connectivity index (χ0) is 26.6. The SMILES string of the molecule is CC(C)ON=C(c1ccccc1)c1ccc(OCCCOc2c(Cl)cc(OCC=C(Cl)Cl)cc2Cl)nc1. The molecule has 0 saturated carbocycles. The van der Waals surface area contributed by atoms with Gasteiger partial charge in [0.1, 0.15) is 28.7 Å². The lowest BCUT2D eigenvalue weighted by atomic mass is 10.0. The summed E-state index contributed by atoms with van der Waals surface area (Å²) in [5, 5.41) is 4.99. The van der Waals surface area contributed by atoms with E-state index < -0.39 is 0 Å². The molecule has 3 rings (SSSR count). The van der Waals surface area contributed by atoms with Gasteiger partial charge in [0.15, 0.2) is 5.75 Å². The Balaban J connectivity index is 1.51. The molecule has 6 nitrogen and oxygen atoms in total. The highest BCUT2D eigenvalue weighted by atomic mass is 35.5. The molecule has 0 spiro atoms. The second kappa shape index (κ2) is 14.9. The van der Waals surface area contributed by atoms with Gasteiger partial charge >= 0.3 is 0 Å². The molecule has 1 heterocycles. The third-order valence-electron chi connectivity index (χ3n) is 4.66. The van der Waals surface area contributed by atoms with E-state index in [9.17, 15) is 0 Å². The predicted molar refractivity (Wildman–Crippen MR) is 150 cm³/mol. The number of ether oxygens (including phenoxy) is 3. The van der Waals surface area contributed by atoms with Crippen LogP contribution < -0.4 is 14.2 Å². The Morgan fingerprint density at radius 2 is 1.62 bits per heavy atom. The third kappa shape index (κ3) is 9.63. The number of nitrogens with zero attached hydrogens (tertiary/aromatic N) is 2. The number of rotatable bonds is 13. The van der Waals surface area contributed by atoms with Crippen LogP contribution in [0.3, 0.4) is 0 Å². The maximum Gasteiger partial charge on any atom is 0.213 e. The van der Waals surface area contributed by atoms with Gasteiger partial charge in [-0.1, -0.05) is 81.9 Å². The number of hydrogen-bond acceptors (Lipinski definition) is 6. The van der Waals surface area contributed by atoms with E-state index in [1.54, 1.807) is 24.4 Å². The van der Waals surface area contributed by atoms with Crippen molar-refractivity contribution in [2.75, 3.05) is 19.8 Å². The molecule has 0 radical (unpaired) electrons. The molecule has 0 bridgehead atoms. The highest BCUT2D eigenvalue weighted by Gasteiger charge is 2.12. The predicted octanol–water partition coefficient (Wildman–Crippen LogP) is 8.11. The quantitative estimate of drug-likeness (QED) is 0.115. The Hall–Kier alpha value is -2.64. The highest BCUT2D eigenvalue weighted by Crippen LogP contribution is 2.37. The first-order valence-electron chi connectivity index (χ1n) is 11.5. The summed E-state index contributed by atoms with van der Waals surface area (Å²) in [5.41, 5.74) is 2.46. The molecule has 196 valence electrons. The second-order valence-corrected chi connectivity index (χ2v) is 9.74. The number of halogens is 4. The van der Waals surface area contributed by atoms with E-state index in [2.05, 4.69) is 10.1 Å². The molecule has 3 aromatic rings. The monoisotopic (exact) mass is 582 g/mol.